The van der Waals surface area contributed by atoms with Crippen molar-refractivity contribution in [3.05, 3.63) is 94.0 Å². The molecule has 0 radical (unpaired) electrons. The molecule has 3 atom stereocenters. The van der Waals surface area contributed by atoms with Crippen molar-refractivity contribution in [2.75, 3.05) is 31.1 Å². The Morgan fingerprint density at radius 2 is 1.92 bits per heavy atom. The van der Waals surface area contributed by atoms with Gasteiger partial charge in [0, 0.05) is 56.2 Å². The molecule has 202 valence electrons. The van der Waals surface area contributed by atoms with Crippen molar-refractivity contribution in [2.24, 2.45) is 0 Å². The maximum Gasteiger partial charge on any atom is 0.125 e. The van der Waals surface area contributed by atoms with Crippen LogP contribution in [0.25, 0.3) is 0 Å². The molecule has 38 heavy (non-hydrogen) atoms. The molecular weight excluding hydrogens is 505 g/mol. The highest BCUT2D eigenvalue weighted by Crippen LogP contribution is 2.38. The van der Waals surface area contributed by atoms with Gasteiger partial charge >= 0.3 is 0 Å². The zero-order valence-electron chi connectivity index (χ0n) is 21.9. The van der Waals surface area contributed by atoms with Crippen LogP contribution in [-0.2, 0) is 23.2 Å². The number of hydrogen-bond acceptors (Lipinski definition) is 6. The lowest BCUT2D eigenvalue weighted by atomic mass is 9.93. The van der Waals surface area contributed by atoms with E-state index in [1.807, 2.05) is 24.3 Å². The summed E-state index contributed by atoms with van der Waals surface area (Å²) < 4.78 is 13.8. The Labute approximate surface area is 228 Å². The topological polar surface area (TPSA) is 76.9 Å². The fourth-order valence-corrected chi connectivity index (χ4v) is 5.45. The summed E-state index contributed by atoms with van der Waals surface area (Å²) in [5.41, 5.74) is 3.12. The number of carbonyl (C=O) groups excluding carboxylic acids is 1. The van der Waals surface area contributed by atoms with Gasteiger partial charge in [-0.25, -0.2) is 4.39 Å². The molecule has 3 aromatic rings. The molecular formula is C30H35ClFN3O3. The first-order chi connectivity index (χ1) is 18.2. The van der Waals surface area contributed by atoms with Crippen LogP contribution in [0.15, 0.2) is 60.8 Å². The second-order valence-corrected chi connectivity index (χ2v) is 10.7. The molecule has 2 aromatic carbocycles. The van der Waals surface area contributed by atoms with Gasteiger partial charge in [0.25, 0.3) is 0 Å². The summed E-state index contributed by atoms with van der Waals surface area (Å²) in [5, 5.41) is 21.3. The largest absolute Gasteiger partial charge is 0.396 e. The van der Waals surface area contributed by atoms with E-state index in [0.29, 0.717) is 42.3 Å². The first-order valence-electron chi connectivity index (χ1n) is 13.0. The first kappa shape index (κ1) is 28.2. The van der Waals surface area contributed by atoms with Gasteiger partial charge in [-0.15, -0.1) is 0 Å². The lowest BCUT2D eigenvalue weighted by Crippen LogP contribution is -2.56. The number of nitrogens with zero attached hydrogens (tertiary/aromatic N) is 3. The van der Waals surface area contributed by atoms with Gasteiger partial charge in [-0.05, 0) is 68.1 Å². The van der Waals surface area contributed by atoms with Crippen LogP contribution in [-0.4, -0.2) is 58.7 Å². The van der Waals surface area contributed by atoms with Crippen LogP contribution >= 0.6 is 11.6 Å². The molecule has 4 rings (SSSR count). The van der Waals surface area contributed by atoms with Gasteiger partial charge in [0.15, 0.2) is 0 Å². The molecule has 8 heteroatoms. The predicted octanol–water partition coefficient (Wildman–Crippen LogP) is 4.70. The molecule has 0 unspecified atom stereocenters. The normalized spacial score (nSPS) is 19.8. The Balaban J connectivity index is 1.61. The van der Waals surface area contributed by atoms with Crippen molar-refractivity contribution in [3.63, 3.8) is 0 Å². The number of aliphatic hydroxyl groups is 2. The number of aldehydes is 1. The molecule has 0 saturated carbocycles. The first-order valence-corrected chi connectivity index (χ1v) is 13.4. The Morgan fingerprint density at radius 1 is 1.16 bits per heavy atom. The van der Waals surface area contributed by atoms with E-state index in [1.54, 1.807) is 31.3 Å². The van der Waals surface area contributed by atoms with Gasteiger partial charge in [0.05, 0.1) is 16.8 Å². The molecule has 6 nitrogen and oxygen atoms in total. The van der Waals surface area contributed by atoms with E-state index in [0.717, 1.165) is 29.5 Å². The SMILES string of the molecule is C[C@@H]1CN(c2ccc(CCCO)cc2Cl)[C@H](c2ccc(F)cc2)CN1C[C@@](C)(O)c1ccc(CC=O)nc1. The fourth-order valence-electron chi connectivity index (χ4n) is 5.14. The molecule has 0 spiro atoms. The number of anilines is 1. The van der Waals surface area contributed by atoms with Crippen LogP contribution in [0.3, 0.4) is 0 Å². The third kappa shape index (κ3) is 6.59. The van der Waals surface area contributed by atoms with Crippen molar-refractivity contribution in [1.29, 1.82) is 0 Å². The van der Waals surface area contributed by atoms with E-state index in [4.69, 9.17) is 11.6 Å². The van der Waals surface area contributed by atoms with Crippen LogP contribution in [0.2, 0.25) is 5.02 Å². The molecule has 0 aliphatic carbocycles. The van der Waals surface area contributed by atoms with E-state index in [-0.39, 0.29) is 30.9 Å². The lowest BCUT2D eigenvalue weighted by molar-refractivity contribution is -0.107. The monoisotopic (exact) mass is 539 g/mol. The van der Waals surface area contributed by atoms with Gasteiger partial charge in [-0.1, -0.05) is 35.9 Å². The minimum Gasteiger partial charge on any atom is -0.396 e. The fraction of sp³-hybridized carbons (Fsp3) is 0.400. The molecule has 1 fully saturated rings. The van der Waals surface area contributed by atoms with Crippen molar-refractivity contribution in [1.82, 2.24) is 9.88 Å². The summed E-state index contributed by atoms with van der Waals surface area (Å²) in [6, 6.07) is 16.1. The van der Waals surface area contributed by atoms with Crippen LogP contribution in [0, 0.1) is 5.82 Å². The maximum absolute atomic E-state index is 13.8. The van der Waals surface area contributed by atoms with Crippen LogP contribution in [0.1, 0.15) is 48.7 Å². The molecule has 0 bridgehead atoms. The minimum absolute atomic E-state index is 0.0885. The standard InChI is InChI=1S/C30H35ClFN3O3/c1-21-18-35(28-12-5-22(4-3-14-36)16-27(28)31)29(23-6-9-25(32)10-7-23)19-34(21)20-30(2,38)24-8-11-26(13-15-37)33-17-24/h5-12,15-17,21,29,36,38H,3-4,13-14,18-20H2,1-2H3/t21-,29+,30-/m1/s1. The Bertz CT molecular complexity index is 1220. The second kappa shape index (κ2) is 12.3. The third-order valence-corrected chi connectivity index (χ3v) is 7.62. The molecule has 1 aliphatic heterocycles. The number of rotatable bonds is 10. The molecule has 1 aliphatic rings. The average molecular weight is 540 g/mol. The summed E-state index contributed by atoms with van der Waals surface area (Å²) in [6.07, 6.45) is 4.12. The van der Waals surface area contributed by atoms with E-state index >= 15 is 0 Å². The van der Waals surface area contributed by atoms with Gasteiger partial charge < -0.3 is 19.9 Å². The second-order valence-electron chi connectivity index (χ2n) is 10.3. The number of β-amino-alcohol motifs (C(OH)–C–C–N with tert-alkyl or cyclic N) is 1. The van der Waals surface area contributed by atoms with Gasteiger partial charge in [-0.3, -0.25) is 9.88 Å². The number of piperazine rings is 1. The summed E-state index contributed by atoms with van der Waals surface area (Å²) >= 11 is 6.78. The number of aliphatic hydroxyl groups excluding tert-OH is 1. The third-order valence-electron chi connectivity index (χ3n) is 7.32. The Hall–Kier alpha value is -2.84. The van der Waals surface area contributed by atoms with Crippen LogP contribution in [0.4, 0.5) is 10.1 Å². The minimum atomic E-state index is -1.16. The van der Waals surface area contributed by atoms with E-state index < -0.39 is 5.60 Å². The number of halogens is 2. The summed E-state index contributed by atoms with van der Waals surface area (Å²) in [4.78, 5) is 19.6. The molecule has 1 saturated heterocycles. The Morgan fingerprint density at radius 3 is 2.55 bits per heavy atom. The summed E-state index contributed by atoms with van der Waals surface area (Å²) in [7, 11) is 0. The number of pyridine rings is 1. The van der Waals surface area contributed by atoms with E-state index in [9.17, 15) is 19.4 Å². The lowest BCUT2D eigenvalue weighted by Gasteiger charge is -2.48. The van der Waals surface area contributed by atoms with E-state index in [2.05, 4.69) is 21.7 Å². The maximum atomic E-state index is 13.8. The highest BCUT2D eigenvalue weighted by molar-refractivity contribution is 6.33. The number of aromatic nitrogens is 1. The van der Waals surface area contributed by atoms with Crippen molar-refractivity contribution < 1.29 is 19.4 Å². The average Bonchev–Trinajstić information content (AvgIpc) is 2.89. The van der Waals surface area contributed by atoms with Gasteiger partial charge in [0.2, 0.25) is 0 Å². The number of carbonyl (C=O) groups is 1. The van der Waals surface area contributed by atoms with Crippen molar-refractivity contribution >= 4 is 23.6 Å². The molecule has 2 N–H and O–H groups in total. The number of benzene rings is 2. The summed E-state index contributed by atoms with van der Waals surface area (Å²) in [5.74, 6) is -0.291. The summed E-state index contributed by atoms with van der Waals surface area (Å²) in [6.45, 7) is 5.67. The van der Waals surface area contributed by atoms with Crippen LogP contribution in [0.5, 0.6) is 0 Å². The zero-order chi connectivity index (χ0) is 27.3. The van der Waals surface area contributed by atoms with Gasteiger partial charge in [-0.2, -0.15) is 0 Å². The highest BCUT2D eigenvalue weighted by Gasteiger charge is 2.37. The predicted molar refractivity (Wildman–Crippen MR) is 148 cm³/mol. The van der Waals surface area contributed by atoms with Crippen molar-refractivity contribution in [3.8, 4) is 0 Å². The molecule has 0 amide bonds. The quantitative estimate of drug-likeness (QED) is 0.364. The molecule has 1 aromatic heterocycles. The Kier molecular flexibility index (Phi) is 9.15. The van der Waals surface area contributed by atoms with Crippen molar-refractivity contribution in [2.45, 2.75) is 50.8 Å². The number of hydrogen-bond donors (Lipinski definition) is 2. The van der Waals surface area contributed by atoms with Gasteiger partial charge in [0.1, 0.15) is 17.7 Å². The highest BCUT2D eigenvalue weighted by atomic mass is 35.5. The van der Waals surface area contributed by atoms with Crippen LogP contribution < -0.4 is 4.90 Å². The number of aryl methyl sites for hydroxylation is 1. The van der Waals surface area contributed by atoms with E-state index in [1.165, 1.54) is 12.1 Å². The zero-order valence-corrected chi connectivity index (χ0v) is 22.6. The molecule has 2 heterocycles. The smallest absolute Gasteiger partial charge is 0.125 e.